The Kier molecular flexibility index (Phi) is 3.49. The number of hydrogen-bond donors (Lipinski definition) is 1. The third kappa shape index (κ3) is 2.32. The number of Topliss-reactive ketones (excluding diaryl/α,β-unsaturated/α-hetero) is 1. The van der Waals surface area contributed by atoms with Crippen molar-refractivity contribution >= 4 is 11.7 Å². The second-order valence-electron chi connectivity index (χ2n) is 5.59. The predicted molar refractivity (Wildman–Crippen MR) is 89.0 cm³/mol. The highest BCUT2D eigenvalue weighted by Crippen LogP contribution is 2.34. The lowest BCUT2D eigenvalue weighted by Gasteiger charge is -2.30. The molecule has 6 nitrogen and oxygen atoms in total. The minimum atomic E-state index is -0.489. The van der Waals surface area contributed by atoms with Gasteiger partial charge in [-0.15, -0.1) is 0 Å². The summed E-state index contributed by atoms with van der Waals surface area (Å²) in [6, 6.07) is 16.2. The molecule has 24 heavy (non-hydrogen) atoms. The van der Waals surface area contributed by atoms with Gasteiger partial charge in [-0.05, 0) is 23.3 Å². The summed E-state index contributed by atoms with van der Waals surface area (Å²) in [6.45, 7) is 0. The van der Waals surface area contributed by atoms with Crippen LogP contribution in [0.2, 0.25) is 0 Å². The Morgan fingerprint density at radius 2 is 1.79 bits per heavy atom. The van der Waals surface area contributed by atoms with Crippen LogP contribution in [0.5, 0.6) is 5.75 Å². The fraction of sp³-hybridized carbons (Fsp3) is 0.167. The number of fused-ring (bicyclic) bond motifs is 1. The lowest BCUT2D eigenvalue weighted by atomic mass is 9.92. The molecule has 2 heterocycles. The number of benzene rings is 2. The molecule has 1 N–H and O–H groups in total. The zero-order valence-corrected chi connectivity index (χ0v) is 13.1. The predicted octanol–water partition coefficient (Wildman–Crippen LogP) is 2.61. The van der Waals surface area contributed by atoms with Gasteiger partial charge in [-0.1, -0.05) is 42.5 Å². The van der Waals surface area contributed by atoms with E-state index in [9.17, 15) is 4.79 Å². The summed E-state index contributed by atoms with van der Waals surface area (Å²) in [5.74, 6) is 1.37. The van der Waals surface area contributed by atoms with Crippen LogP contribution in [0.4, 0.5) is 5.95 Å². The fourth-order valence-electron chi connectivity index (χ4n) is 3.01. The largest absolute Gasteiger partial charge is 0.497 e. The maximum Gasteiger partial charge on any atom is 0.222 e. The molecule has 0 saturated carbocycles. The minimum Gasteiger partial charge on any atom is -0.497 e. The van der Waals surface area contributed by atoms with Crippen LogP contribution in [0.15, 0.2) is 60.9 Å². The first-order valence-electron chi connectivity index (χ1n) is 7.66. The lowest BCUT2D eigenvalue weighted by molar-refractivity contribution is -0.122. The zero-order valence-electron chi connectivity index (χ0n) is 13.1. The molecule has 120 valence electrons. The van der Waals surface area contributed by atoms with Crippen molar-refractivity contribution in [1.82, 2.24) is 14.8 Å². The molecule has 0 bridgehead atoms. The van der Waals surface area contributed by atoms with E-state index in [1.807, 2.05) is 54.6 Å². The van der Waals surface area contributed by atoms with Crippen molar-refractivity contribution in [2.24, 2.45) is 0 Å². The minimum absolute atomic E-state index is 0.0318. The fourth-order valence-corrected chi connectivity index (χ4v) is 3.01. The molecule has 1 aliphatic heterocycles. The van der Waals surface area contributed by atoms with Gasteiger partial charge in [-0.25, -0.2) is 4.68 Å². The van der Waals surface area contributed by atoms with Crippen LogP contribution in [-0.2, 0) is 4.79 Å². The highest BCUT2D eigenvalue weighted by Gasteiger charge is 2.37. The molecule has 3 aromatic rings. The van der Waals surface area contributed by atoms with E-state index in [0.29, 0.717) is 5.95 Å². The number of nitrogens with one attached hydrogen (secondary N) is 1. The molecule has 2 aromatic carbocycles. The molecule has 0 saturated heterocycles. The van der Waals surface area contributed by atoms with Crippen molar-refractivity contribution < 1.29 is 9.53 Å². The molecule has 1 aromatic heterocycles. The highest BCUT2D eigenvalue weighted by molar-refractivity contribution is 5.95. The summed E-state index contributed by atoms with van der Waals surface area (Å²) >= 11 is 0. The maximum absolute atomic E-state index is 13.2. The Morgan fingerprint density at radius 1 is 1.04 bits per heavy atom. The Hall–Kier alpha value is -3.15. The lowest BCUT2D eigenvalue weighted by Crippen LogP contribution is -2.37. The van der Waals surface area contributed by atoms with Gasteiger partial charge < -0.3 is 10.1 Å². The highest BCUT2D eigenvalue weighted by atomic mass is 16.5. The van der Waals surface area contributed by atoms with Gasteiger partial charge >= 0.3 is 0 Å². The SMILES string of the molecule is COc1ccc(C2Nc3ncnn3C(c3ccccc3)C2=O)cc1. The van der Waals surface area contributed by atoms with E-state index in [2.05, 4.69) is 15.4 Å². The summed E-state index contributed by atoms with van der Waals surface area (Å²) in [5.41, 5.74) is 1.77. The molecule has 0 spiro atoms. The smallest absolute Gasteiger partial charge is 0.222 e. The van der Waals surface area contributed by atoms with Crippen LogP contribution >= 0.6 is 0 Å². The second kappa shape index (κ2) is 5.81. The van der Waals surface area contributed by atoms with E-state index in [1.165, 1.54) is 6.33 Å². The van der Waals surface area contributed by atoms with Crippen molar-refractivity contribution in [1.29, 1.82) is 0 Å². The van der Waals surface area contributed by atoms with Crippen LogP contribution in [0.1, 0.15) is 23.2 Å². The molecule has 2 unspecified atom stereocenters. The van der Waals surface area contributed by atoms with E-state index in [4.69, 9.17) is 4.74 Å². The van der Waals surface area contributed by atoms with Gasteiger partial charge in [0, 0.05) is 0 Å². The Balaban J connectivity index is 1.77. The number of carbonyl (C=O) groups is 1. The first-order valence-corrected chi connectivity index (χ1v) is 7.66. The van der Waals surface area contributed by atoms with Crippen molar-refractivity contribution in [3.63, 3.8) is 0 Å². The summed E-state index contributed by atoms with van der Waals surface area (Å²) in [7, 11) is 1.62. The standard InChI is InChI=1S/C18H16N4O2/c1-24-14-9-7-12(8-10-14)15-17(23)16(13-5-3-2-4-6-13)22-18(21-15)19-11-20-22/h2-11,15-16H,1H3,(H,19,20,21). The summed E-state index contributed by atoms with van der Waals surface area (Å²) in [4.78, 5) is 17.4. The number of nitrogens with zero attached hydrogens (tertiary/aromatic N) is 3. The monoisotopic (exact) mass is 320 g/mol. The molecule has 0 fully saturated rings. The third-order valence-electron chi connectivity index (χ3n) is 4.21. The zero-order chi connectivity index (χ0) is 16.5. The van der Waals surface area contributed by atoms with E-state index in [0.717, 1.165) is 16.9 Å². The number of aromatic nitrogens is 3. The van der Waals surface area contributed by atoms with Gasteiger partial charge in [-0.3, -0.25) is 4.79 Å². The van der Waals surface area contributed by atoms with Crippen molar-refractivity contribution in [2.75, 3.05) is 12.4 Å². The topological polar surface area (TPSA) is 69.0 Å². The normalized spacial score (nSPS) is 19.5. The van der Waals surface area contributed by atoms with Crippen LogP contribution in [0.3, 0.4) is 0 Å². The molecule has 6 heteroatoms. The van der Waals surface area contributed by atoms with Crippen LogP contribution in [-0.4, -0.2) is 27.7 Å². The number of rotatable bonds is 3. The molecular formula is C18H16N4O2. The first-order chi connectivity index (χ1) is 11.8. The second-order valence-corrected chi connectivity index (χ2v) is 5.59. The summed E-state index contributed by atoms with van der Waals surface area (Å²) in [5, 5.41) is 7.40. The van der Waals surface area contributed by atoms with E-state index in [-0.39, 0.29) is 5.78 Å². The van der Waals surface area contributed by atoms with Gasteiger partial charge in [0.1, 0.15) is 24.2 Å². The van der Waals surface area contributed by atoms with Crippen LogP contribution < -0.4 is 10.1 Å². The van der Waals surface area contributed by atoms with Crippen LogP contribution in [0.25, 0.3) is 0 Å². The van der Waals surface area contributed by atoms with Crippen molar-refractivity contribution in [3.8, 4) is 5.75 Å². The summed E-state index contributed by atoms with van der Waals surface area (Å²) in [6.07, 6.45) is 1.46. The quantitative estimate of drug-likeness (QED) is 0.803. The molecule has 4 rings (SSSR count). The van der Waals surface area contributed by atoms with Crippen LogP contribution in [0, 0.1) is 0 Å². The average Bonchev–Trinajstić information content (AvgIpc) is 3.10. The molecule has 1 aliphatic rings. The van der Waals surface area contributed by atoms with Gasteiger partial charge in [0.25, 0.3) is 0 Å². The van der Waals surface area contributed by atoms with Crippen molar-refractivity contribution in [2.45, 2.75) is 12.1 Å². The molecule has 0 aliphatic carbocycles. The Morgan fingerprint density at radius 3 is 2.50 bits per heavy atom. The number of ether oxygens (including phenoxy) is 1. The number of carbonyl (C=O) groups excluding carboxylic acids is 1. The summed E-state index contributed by atoms with van der Waals surface area (Å²) < 4.78 is 6.82. The van der Waals surface area contributed by atoms with Gasteiger partial charge in [0.05, 0.1) is 7.11 Å². The Bertz CT molecular complexity index is 858. The first kappa shape index (κ1) is 14.4. The van der Waals surface area contributed by atoms with Gasteiger partial charge in [0.15, 0.2) is 5.78 Å². The van der Waals surface area contributed by atoms with E-state index >= 15 is 0 Å². The van der Waals surface area contributed by atoms with Gasteiger partial charge in [0.2, 0.25) is 5.95 Å². The molecule has 0 amide bonds. The molecule has 0 radical (unpaired) electrons. The number of anilines is 1. The third-order valence-corrected chi connectivity index (χ3v) is 4.21. The number of ketones is 1. The Labute approximate surface area is 139 Å². The maximum atomic E-state index is 13.2. The molecular weight excluding hydrogens is 304 g/mol. The number of methoxy groups -OCH3 is 1. The number of hydrogen-bond acceptors (Lipinski definition) is 5. The van der Waals surface area contributed by atoms with E-state index in [1.54, 1.807) is 11.8 Å². The van der Waals surface area contributed by atoms with E-state index < -0.39 is 12.1 Å². The average molecular weight is 320 g/mol. The van der Waals surface area contributed by atoms with Gasteiger partial charge in [-0.2, -0.15) is 10.1 Å². The van der Waals surface area contributed by atoms with Crippen molar-refractivity contribution in [3.05, 3.63) is 72.1 Å². The molecule has 2 atom stereocenters.